The lowest BCUT2D eigenvalue weighted by Gasteiger charge is -2.24. The molecule has 0 aromatic rings. The average Bonchev–Trinajstić information content (AvgIpc) is 2.34. The molecule has 0 heterocycles. The summed E-state index contributed by atoms with van der Waals surface area (Å²) in [4.78, 5) is 13.9. The van der Waals surface area contributed by atoms with Gasteiger partial charge in [-0.3, -0.25) is 4.79 Å². The highest BCUT2D eigenvalue weighted by atomic mass is 16.5. The molecule has 6 nitrogen and oxygen atoms in total. The molecule has 1 N–H and O–H groups in total. The van der Waals surface area contributed by atoms with Crippen molar-refractivity contribution >= 4 is 5.97 Å². The molecule has 0 bridgehead atoms. The van der Waals surface area contributed by atoms with E-state index in [1.807, 2.05) is 0 Å². The molecule has 1 atom stereocenters. The summed E-state index contributed by atoms with van der Waals surface area (Å²) in [5.74, 6) is 2.07. The van der Waals surface area contributed by atoms with Gasteiger partial charge in [0.1, 0.15) is 0 Å². The lowest BCUT2D eigenvalue weighted by molar-refractivity contribution is -0.147. The Labute approximate surface area is 101 Å². The maximum absolute atomic E-state index is 11.3. The fourth-order valence-corrected chi connectivity index (χ4v) is 1.01. The number of hydrogen-bond donors (Lipinski definition) is 1. The van der Waals surface area contributed by atoms with Crippen molar-refractivity contribution in [2.75, 3.05) is 19.8 Å². The smallest absolute Gasteiger partial charge is 0.305 e. The molecule has 0 aliphatic rings. The van der Waals surface area contributed by atoms with Crippen molar-refractivity contribution in [3.8, 4) is 12.3 Å². The van der Waals surface area contributed by atoms with E-state index in [1.54, 1.807) is 6.92 Å². The van der Waals surface area contributed by atoms with Crippen LogP contribution in [-0.2, 0) is 9.53 Å². The summed E-state index contributed by atoms with van der Waals surface area (Å²) < 4.78 is 4.99. The number of carbonyl (C=O) groups excluding carboxylic acids is 1. The molecule has 6 heteroatoms. The number of aliphatic hydroxyl groups excluding tert-OH is 1. The number of nitrogens with zero attached hydrogens (tertiary/aromatic N) is 3. The van der Waals surface area contributed by atoms with Gasteiger partial charge >= 0.3 is 5.97 Å². The molecule has 0 saturated carbocycles. The minimum atomic E-state index is -0.728. The molecule has 94 valence electrons. The minimum absolute atomic E-state index is 0.0252. The van der Waals surface area contributed by atoms with Crippen molar-refractivity contribution in [1.82, 2.24) is 0 Å². The first-order valence-corrected chi connectivity index (χ1v) is 5.29. The van der Waals surface area contributed by atoms with Crippen molar-refractivity contribution in [2.45, 2.75) is 26.2 Å². The second-order valence-electron chi connectivity index (χ2n) is 4.08. The Kier molecular flexibility index (Phi) is 7.61. The molecule has 17 heavy (non-hydrogen) atoms. The van der Waals surface area contributed by atoms with Gasteiger partial charge in [-0.05, 0) is 12.0 Å². The predicted octanol–water partition coefficient (Wildman–Crippen LogP) is 1.64. The highest BCUT2D eigenvalue weighted by Crippen LogP contribution is 2.17. The molecule has 0 aromatic heterocycles. The molecular weight excluding hydrogens is 222 g/mol. The molecule has 0 aliphatic carbocycles. The van der Waals surface area contributed by atoms with Gasteiger partial charge in [-0.2, -0.15) is 0 Å². The van der Waals surface area contributed by atoms with E-state index < -0.39 is 5.41 Å². The number of azide groups is 1. The Bertz CT molecular complexity index is 331. The van der Waals surface area contributed by atoms with Gasteiger partial charge in [0.05, 0.1) is 13.2 Å². The van der Waals surface area contributed by atoms with Crippen LogP contribution in [0.2, 0.25) is 0 Å². The van der Waals surface area contributed by atoms with Crippen LogP contribution in [0.3, 0.4) is 0 Å². The van der Waals surface area contributed by atoms with Gasteiger partial charge in [0.25, 0.3) is 0 Å². The summed E-state index contributed by atoms with van der Waals surface area (Å²) in [6.45, 7) is 1.56. The van der Waals surface area contributed by atoms with E-state index in [9.17, 15) is 4.79 Å². The molecule has 0 rings (SSSR count). The van der Waals surface area contributed by atoms with Crippen LogP contribution in [0.25, 0.3) is 10.4 Å². The standard InChI is InChI=1S/C11H17N3O3/c1-3-4-5-6-10(16)17-9-11(2,8-15)7-13-14-12/h1,15H,4-9H2,2H3. The van der Waals surface area contributed by atoms with Gasteiger partial charge in [-0.25, -0.2) is 0 Å². The second kappa shape index (κ2) is 8.45. The maximum atomic E-state index is 11.3. The first-order chi connectivity index (χ1) is 8.08. The largest absolute Gasteiger partial charge is 0.465 e. The van der Waals surface area contributed by atoms with Crippen molar-refractivity contribution in [3.05, 3.63) is 10.4 Å². The molecule has 0 fully saturated rings. The van der Waals surface area contributed by atoms with Gasteiger partial charge < -0.3 is 9.84 Å². The number of hydrogen-bond acceptors (Lipinski definition) is 4. The van der Waals surface area contributed by atoms with E-state index in [0.29, 0.717) is 12.8 Å². The van der Waals surface area contributed by atoms with E-state index in [1.165, 1.54) is 0 Å². The second-order valence-corrected chi connectivity index (χ2v) is 4.08. The quantitative estimate of drug-likeness (QED) is 0.174. The topological polar surface area (TPSA) is 95.3 Å². The fraction of sp³-hybridized carbons (Fsp3) is 0.727. The Morgan fingerprint density at radius 3 is 2.94 bits per heavy atom. The third-order valence-corrected chi connectivity index (χ3v) is 2.18. The van der Waals surface area contributed by atoms with Crippen LogP contribution in [0.4, 0.5) is 0 Å². The number of esters is 1. The van der Waals surface area contributed by atoms with Gasteiger partial charge in [0.2, 0.25) is 0 Å². The first kappa shape index (κ1) is 15.3. The van der Waals surface area contributed by atoms with Crippen LogP contribution in [0.1, 0.15) is 26.2 Å². The monoisotopic (exact) mass is 239 g/mol. The maximum Gasteiger partial charge on any atom is 0.305 e. The third-order valence-electron chi connectivity index (χ3n) is 2.18. The van der Waals surface area contributed by atoms with Crippen LogP contribution in [0, 0.1) is 17.8 Å². The van der Waals surface area contributed by atoms with E-state index in [4.69, 9.17) is 21.8 Å². The van der Waals surface area contributed by atoms with Gasteiger partial charge in [-0.15, -0.1) is 12.3 Å². The Balaban J connectivity index is 4.01. The van der Waals surface area contributed by atoms with E-state index in [0.717, 1.165) is 0 Å². The number of rotatable bonds is 8. The van der Waals surface area contributed by atoms with Crippen LogP contribution >= 0.6 is 0 Å². The minimum Gasteiger partial charge on any atom is -0.465 e. The molecule has 0 radical (unpaired) electrons. The summed E-state index contributed by atoms with van der Waals surface area (Å²) in [6, 6.07) is 0. The Morgan fingerprint density at radius 1 is 1.71 bits per heavy atom. The SMILES string of the molecule is C#CCCCC(=O)OCC(C)(CO)CN=[N+]=[N-]. The molecule has 1 unspecified atom stereocenters. The predicted molar refractivity (Wildman–Crippen MR) is 62.8 cm³/mol. The number of aliphatic hydroxyl groups is 1. The number of ether oxygens (including phenoxy) is 1. The van der Waals surface area contributed by atoms with Gasteiger partial charge in [0.15, 0.2) is 0 Å². The molecule has 0 spiro atoms. The summed E-state index contributed by atoms with van der Waals surface area (Å²) >= 11 is 0. The van der Waals surface area contributed by atoms with E-state index in [-0.39, 0.29) is 32.1 Å². The van der Waals surface area contributed by atoms with Crippen LogP contribution in [0.15, 0.2) is 5.11 Å². The molecule has 0 aromatic carbocycles. The lowest BCUT2D eigenvalue weighted by Crippen LogP contribution is -2.32. The summed E-state index contributed by atoms with van der Waals surface area (Å²) in [7, 11) is 0. The summed E-state index contributed by atoms with van der Waals surface area (Å²) in [5, 5.41) is 12.5. The van der Waals surface area contributed by atoms with Crippen LogP contribution < -0.4 is 0 Å². The Hall–Kier alpha value is -1.70. The van der Waals surface area contributed by atoms with Crippen molar-refractivity contribution in [1.29, 1.82) is 0 Å². The van der Waals surface area contributed by atoms with Crippen LogP contribution in [-0.4, -0.2) is 30.8 Å². The van der Waals surface area contributed by atoms with Crippen LogP contribution in [0.5, 0.6) is 0 Å². The third kappa shape index (κ3) is 7.23. The molecule has 0 amide bonds. The van der Waals surface area contributed by atoms with Crippen molar-refractivity contribution in [2.24, 2.45) is 10.5 Å². The highest BCUT2D eigenvalue weighted by Gasteiger charge is 2.24. The van der Waals surface area contributed by atoms with Gasteiger partial charge in [-0.1, -0.05) is 12.0 Å². The Morgan fingerprint density at radius 2 is 2.41 bits per heavy atom. The zero-order valence-corrected chi connectivity index (χ0v) is 9.93. The number of carbonyl (C=O) groups is 1. The number of unbranched alkanes of at least 4 members (excludes halogenated alkanes) is 1. The highest BCUT2D eigenvalue weighted by molar-refractivity contribution is 5.69. The molecule has 0 aliphatic heterocycles. The van der Waals surface area contributed by atoms with E-state index in [2.05, 4.69) is 15.9 Å². The zero-order valence-electron chi connectivity index (χ0n) is 9.93. The summed E-state index contributed by atoms with van der Waals surface area (Å²) in [5.41, 5.74) is 7.47. The fourth-order valence-electron chi connectivity index (χ4n) is 1.01. The lowest BCUT2D eigenvalue weighted by atomic mass is 9.93. The van der Waals surface area contributed by atoms with Gasteiger partial charge in [0, 0.05) is 29.7 Å². The average molecular weight is 239 g/mol. The summed E-state index contributed by atoms with van der Waals surface area (Å²) in [6.07, 6.45) is 6.43. The molecular formula is C11H17N3O3. The first-order valence-electron chi connectivity index (χ1n) is 5.29. The normalized spacial score (nSPS) is 13.0. The van der Waals surface area contributed by atoms with Crippen molar-refractivity contribution < 1.29 is 14.6 Å². The number of terminal acetylenes is 1. The van der Waals surface area contributed by atoms with Crippen molar-refractivity contribution in [3.63, 3.8) is 0 Å². The molecule has 0 saturated heterocycles. The van der Waals surface area contributed by atoms with E-state index >= 15 is 0 Å². The zero-order chi connectivity index (χ0) is 13.1.